The lowest BCUT2D eigenvalue weighted by molar-refractivity contribution is -0.143. The van der Waals surface area contributed by atoms with Crippen LogP contribution in [-0.4, -0.2) is 28.0 Å². The van der Waals surface area contributed by atoms with Crippen molar-refractivity contribution in [3.05, 3.63) is 41.9 Å². The molecule has 1 aromatic carbocycles. The predicted octanol–water partition coefficient (Wildman–Crippen LogP) is 4.12. The largest absolute Gasteiger partial charge is 0.481 e. The smallest absolute Gasteiger partial charge is 0.308 e. The van der Waals surface area contributed by atoms with Gasteiger partial charge in [0.05, 0.1) is 11.6 Å². The molecule has 0 saturated heterocycles. The van der Waals surface area contributed by atoms with Gasteiger partial charge in [-0.05, 0) is 19.8 Å². The summed E-state index contributed by atoms with van der Waals surface area (Å²) in [5.41, 5.74) is 1.76. The number of nitrogens with zero attached hydrogens (tertiary/aromatic N) is 1. The molecular formula is C22H28N2O4. The molecule has 1 fully saturated rings. The molecule has 2 unspecified atom stereocenters. The van der Waals surface area contributed by atoms with Crippen molar-refractivity contribution in [3.63, 3.8) is 0 Å². The number of carbonyl (C=O) groups is 2. The minimum absolute atomic E-state index is 0.145. The average molecular weight is 384 g/mol. The minimum atomic E-state index is -0.817. The second-order valence-electron chi connectivity index (χ2n) is 7.50. The maximum Gasteiger partial charge on any atom is 0.308 e. The van der Waals surface area contributed by atoms with Gasteiger partial charge in [0.25, 0.3) is 0 Å². The van der Waals surface area contributed by atoms with Gasteiger partial charge in [-0.2, -0.15) is 0 Å². The van der Waals surface area contributed by atoms with Crippen molar-refractivity contribution < 1.29 is 19.1 Å². The molecule has 1 aromatic heterocycles. The Balaban J connectivity index is 1.58. The maximum absolute atomic E-state index is 12.4. The first kappa shape index (κ1) is 20.1. The number of carboxylic acids is 1. The number of benzene rings is 1. The van der Waals surface area contributed by atoms with Crippen LogP contribution >= 0.6 is 0 Å². The highest BCUT2D eigenvalue weighted by molar-refractivity contribution is 5.78. The van der Waals surface area contributed by atoms with Gasteiger partial charge in [-0.15, -0.1) is 0 Å². The van der Waals surface area contributed by atoms with Gasteiger partial charge in [0.1, 0.15) is 0 Å². The van der Waals surface area contributed by atoms with Crippen molar-refractivity contribution in [1.29, 1.82) is 0 Å². The first-order valence-electron chi connectivity index (χ1n) is 10.1. The lowest BCUT2D eigenvalue weighted by Gasteiger charge is -2.27. The highest BCUT2D eigenvalue weighted by Crippen LogP contribution is 2.25. The lowest BCUT2D eigenvalue weighted by Crippen LogP contribution is -2.44. The average Bonchev–Trinajstić information content (AvgIpc) is 3.03. The van der Waals surface area contributed by atoms with Crippen LogP contribution in [0.1, 0.15) is 56.5 Å². The molecule has 1 heterocycles. The summed E-state index contributed by atoms with van der Waals surface area (Å²) >= 11 is 0. The third-order valence-electron chi connectivity index (χ3n) is 5.37. The van der Waals surface area contributed by atoms with E-state index in [-0.39, 0.29) is 18.4 Å². The number of carbonyl (C=O) groups excluding carboxylic acids is 1. The third-order valence-corrected chi connectivity index (χ3v) is 5.37. The Morgan fingerprint density at radius 1 is 1.14 bits per heavy atom. The highest BCUT2D eigenvalue weighted by atomic mass is 16.4. The molecule has 0 radical (unpaired) electrons. The Morgan fingerprint density at radius 2 is 1.86 bits per heavy atom. The molecule has 6 heteroatoms. The molecule has 150 valence electrons. The van der Waals surface area contributed by atoms with E-state index in [1.54, 1.807) is 0 Å². The molecule has 1 amide bonds. The summed E-state index contributed by atoms with van der Waals surface area (Å²) in [5, 5.41) is 12.5. The minimum Gasteiger partial charge on any atom is -0.481 e. The second-order valence-corrected chi connectivity index (χ2v) is 7.50. The van der Waals surface area contributed by atoms with E-state index >= 15 is 0 Å². The summed E-state index contributed by atoms with van der Waals surface area (Å²) in [6, 6.07) is 9.46. The summed E-state index contributed by atoms with van der Waals surface area (Å²) in [6.45, 7) is 1.89. The van der Waals surface area contributed by atoms with Crippen LogP contribution in [0.15, 0.2) is 34.7 Å². The fourth-order valence-electron chi connectivity index (χ4n) is 3.87. The molecule has 1 aliphatic rings. The van der Waals surface area contributed by atoms with Gasteiger partial charge in [-0.1, -0.05) is 56.0 Å². The van der Waals surface area contributed by atoms with Crippen LogP contribution in [0, 0.1) is 12.8 Å². The van der Waals surface area contributed by atoms with Crippen molar-refractivity contribution in [2.24, 2.45) is 5.92 Å². The number of rotatable bonds is 6. The van der Waals surface area contributed by atoms with Crippen molar-refractivity contribution in [1.82, 2.24) is 10.3 Å². The van der Waals surface area contributed by atoms with Crippen molar-refractivity contribution in [2.45, 2.75) is 64.3 Å². The zero-order chi connectivity index (χ0) is 19.9. The number of hydrogen-bond donors (Lipinski definition) is 2. The third kappa shape index (κ3) is 5.21. The van der Waals surface area contributed by atoms with E-state index in [9.17, 15) is 14.7 Å². The summed E-state index contributed by atoms with van der Waals surface area (Å²) in [6.07, 6.45) is 5.99. The Labute approximate surface area is 165 Å². The number of aromatic nitrogens is 1. The molecule has 0 spiro atoms. The number of aryl methyl sites for hydroxylation is 2. The van der Waals surface area contributed by atoms with Crippen molar-refractivity contribution in [2.75, 3.05) is 0 Å². The zero-order valence-electron chi connectivity index (χ0n) is 16.3. The molecule has 28 heavy (non-hydrogen) atoms. The van der Waals surface area contributed by atoms with Crippen LogP contribution in [0.4, 0.5) is 0 Å². The molecule has 6 nitrogen and oxygen atoms in total. The zero-order valence-corrected chi connectivity index (χ0v) is 16.3. The Kier molecular flexibility index (Phi) is 6.85. The topological polar surface area (TPSA) is 92.4 Å². The second kappa shape index (κ2) is 9.53. The summed E-state index contributed by atoms with van der Waals surface area (Å²) in [7, 11) is 0. The normalized spacial score (nSPS) is 20.2. The standard InChI is InChI=1S/C22H28N2O4/c1-15-21(16-9-5-4-6-10-16)28-20(23-15)14-13-19(25)24-18-12-8-3-2-7-11-17(18)22(26)27/h4-6,9-10,17-18H,2-3,7-8,11-14H2,1H3,(H,24,25)(H,26,27). The highest BCUT2D eigenvalue weighted by Gasteiger charge is 2.29. The molecular weight excluding hydrogens is 356 g/mol. The fraction of sp³-hybridized carbons (Fsp3) is 0.500. The van der Waals surface area contributed by atoms with Gasteiger partial charge in [0.2, 0.25) is 5.91 Å². The van der Waals surface area contributed by atoms with Crippen molar-refractivity contribution in [3.8, 4) is 11.3 Å². The van der Waals surface area contributed by atoms with E-state index in [1.807, 2.05) is 37.3 Å². The van der Waals surface area contributed by atoms with Crippen molar-refractivity contribution >= 4 is 11.9 Å². The molecule has 2 atom stereocenters. The number of carboxylic acid groups (broad SMARTS) is 1. The maximum atomic E-state index is 12.4. The van der Waals surface area contributed by atoms with Gasteiger partial charge in [0.15, 0.2) is 11.7 Å². The number of aliphatic carboxylic acids is 1. The van der Waals surface area contributed by atoms with Crippen LogP contribution in [0.2, 0.25) is 0 Å². The molecule has 2 aromatic rings. The van der Waals surface area contributed by atoms with E-state index in [0.29, 0.717) is 18.7 Å². The van der Waals surface area contributed by atoms with Gasteiger partial charge in [-0.3, -0.25) is 9.59 Å². The van der Waals surface area contributed by atoms with Crippen LogP contribution in [0.3, 0.4) is 0 Å². The van der Waals surface area contributed by atoms with E-state index in [4.69, 9.17) is 4.42 Å². The SMILES string of the molecule is Cc1nc(CCC(=O)NC2CCCCCCC2C(=O)O)oc1-c1ccccc1. The van der Waals surface area contributed by atoms with Crippen LogP contribution in [-0.2, 0) is 16.0 Å². The Morgan fingerprint density at radius 3 is 2.57 bits per heavy atom. The molecule has 3 rings (SSSR count). The molecule has 0 bridgehead atoms. The van der Waals surface area contributed by atoms with E-state index in [2.05, 4.69) is 10.3 Å². The van der Waals surface area contributed by atoms with Crippen LogP contribution in [0.25, 0.3) is 11.3 Å². The van der Waals surface area contributed by atoms with Gasteiger partial charge in [0, 0.05) is 24.4 Å². The van der Waals surface area contributed by atoms with E-state index < -0.39 is 11.9 Å². The van der Waals surface area contributed by atoms with Gasteiger partial charge >= 0.3 is 5.97 Å². The summed E-state index contributed by atoms with van der Waals surface area (Å²) in [5.74, 6) is -0.212. The first-order valence-corrected chi connectivity index (χ1v) is 10.1. The van der Waals surface area contributed by atoms with Gasteiger partial charge < -0.3 is 14.8 Å². The molecule has 1 saturated carbocycles. The molecule has 0 aliphatic heterocycles. The quantitative estimate of drug-likeness (QED) is 0.781. The number of oxazole rings is 1. The van der Waals surface area contributed by atoms with E-state index in [0.717, 1.165) is 49.1 Å². The lowest BCUT2D eigenvalue weighted by atomic mass is 9.86. The van der Waals surface area contributed by atoms with Crippen LogP contribution < -0.4 is 5.32 Å². The van der Waals surface area contributed by atoms with E-state index in [1.165, 1.54) is 0 Å². The molecule has 1 aliphatic carbocycles. The number of nitrogens with one attached hydrogen (secondary N) is 1. The number of amides is 1. The molecule has 2 N–H and O–H groups in total. The van der Waals surface area contributed by atoms with Crippen LogP contribution in [0.5, 0.6) is 0 Å². The fourth-order valence-corrected chi connectivity index (χ4v) is 3.87. The first-order chi connectivity index (χ1) is 13.5. The van der Waals surface area contributed by atoms with Gasteiger partial charge in [-0.25, -0.2) is 4.98 Å². The number of hydrogen-bond acceptors (Lipinski definition) is 4. The summed E-state index contributed by atoms with van der Waals surface area (Å²) < 4.78 is 5.85. The predicted molar refractivity (Wildman–Crippen MR) is 106 cm³/mol. The summed E-state index contributed by atoms with van der Waals surface area (Å²) in [4.78, 5) is 28.5. The Bertz CT molecular complexity index is 800. The monoisotopic (exact) mass is 384 g/mol. The Hall–Kier alpha value is -2.63.